The van der Waals surface area contributed by atoms with Gasteiger partial charge in [0.05, 0.1) is 66.9 Å². The Balaban J connectivity index is 1.13. The number of fused-ring (bicyclic) bond motifs is 24. The molecule has 0 atom stereocenters. The highest BCUT2D eigenvalue weighted by Gasteiger charge is 2.46. The lowest BCUT2D eigenvalue weighted by Gasteiger charge is -2.37. The predicted octanol–water partition coefficient (Wildman–Crippen LogP) is 26.2. The Labute approximate surface area is 632 Å². The third kappa shape index (κ3) is 9.72. The van der Waals surface area contributed by atoms with Crippen molar-refractivity contribution >= 4 is 153 Å². The number of benzene rings is 13. The van der Waals surface area contributed by atoms with Crippen molar-refractivity contribution in [3.05, 3.63) is 233 Å². The van der Waals surface area contributed by atoms with Crippen LogP contribution in [-0.2, 0) is 43.3 Å². The molecule has 107 heavy (non-hydrogen) atoms. The zero-order chi connectivity index (χ0) is 75.3. The summed E-state index contributed by atoms with van der Waals surface area (Å²) < 4.78 is 11.1. The lowest BCUT2D eigenvalue weighted by molar-refractivity contribution is 0.590. The van der Waals surface area contributed by atoms with Crippen molar-refractivity contribution in [2.75, 3.05) is 0 Å². The van der Waals surface area contributed by atoms with E-state index in [1.165, 1.54) is 203 Å². The molecule has 4 nitrogen and oxygen atoms in total. The predicted molar refractivity (Wildman–Crippen MR) is 468 cm³/mol. The Hall–Kier alpha value is -9.84. The number of nitrogens with zero attached hydrogens (tertiary/aromatic N) is 4. The van der Waals surface area contributed by atoms with E-state index in [2.05, 4.69) is 372 Å². The van der Waals surface area contributed by atoms with E-state index in [0.717, 1.165) is 11.4 Å². The van der Waals surface area contributed by atoms with E-state index >= 15 is 0 Å². The van der Waals surface area contributed by atoms with Crippen LogP contribution in [0.1, 0.15) is 211 Å². The molecule has 13 aromatic carbocycles. The van der Waals surface area contributed by atoms with Crippen LogP contribution < -0.4 is 16.4 Å². The molecule has 0 N–H and O–H groups in total. The van der Waals surface area contributed by atoms with E-state index in [4.69, 9.17) is 0 Å². The van der Waals surface area contributed by atoms with Crippen LogP contribution in [0.2, 0.25) is 0 Å². The second kappa shape index (κ2) is 21.5. The van der Waals surface area contributed by atoms with Gasteiger partial charge in [0.1, 0.15) is 0 Å². The molecule has 0 spiro atoms. The van der Waals surface area contributed by atoms with Crippen LogP contribution in [0.25, 0.3) is 153 Å². The van der Waals surface area contributed by atoms with Crippen LogP contribution in [0.4, 0.5) is 0 Å². The Morgan fingerprint density at radius 2 is 0.449 bits per heavy atom. The maximum atomic E-state index is 2.82. The molecule has 0 saturated carbocycles. The highest BCUT2D eigenvalue weighted by atomic mass is 15.1. The van der Waals surface area contributed by atoms with Gasteiger partial charge in [0.2, 0.25) is 0 Å². The highest BCUT2D eigenvalue weighted by Crippen LogP contribution is 2.52. The first-order valence-corrected chi connectivity index (χ1v) is 39.5. The van der Waals surface area contributed by atoms with Gasteiger partial charge in [0.15, 0.2) is 0 Å². The van der Waals surface area contributed by atoms with Crippen LogP contribution in [0, 0.1) is 0 Å². The normalized spacial score (nSPS) is 14.1. The first-order valence-electron chi connectivity index (χ1n) is 39.5. The van der Waals surface area contributed by atoms with Crippen molar-refractivity contribution in [2.24, 2.45) is 0 Å². The van der Waals surface area contributed by atoms with Crippen molar-refractivity contribution in [1.82, 2.24) is 18.3 Å². The number of hydrogen-bond acceptors (Lipinski definition) is 0. The van der Waals surface area contributed by atoms with Gasteiger partial charge in [-0.15, -0.1) is 0 Å². The zero-order valence-corrected chi connectivity index (χ0v) is 67.8. The summed E-state index contributed by atoms with van der Waals surface area (Å²) in [6.07, 6.45) is 0. The lowest BCUT2D eigenvalue weighted by Crippen LogP contribution is -2.60. The fourth-order valence-electron chi connectivity index (χ4n) is 19.0. The quantitative estimate of drug-likeness (QED) is 0.154. The molecular formula is C102H103BN4. The molecule has 17 aromatic rings. The molecule has 0 fully saturated rings. The van der Waals surface area contributed by atoms with Crippen LogP contribution in [0.3, 0.4) is 0 Å². The van der Waals surface area contributed by atoms with Crippen molar-refractivity contribution < 1.29 is 0 Å². The van der Waals surface area contributed by atoms with E-state index in [0.29, 0.717) is 0 Å². The number of hydrogen-bond donors (Lipinski definition) is 0. The van der Waals surface area contributed by atoms with Gasteiger partial charge in [0, 0.05) is 43.1 Å². The molecule has 0 aliphatic carbocycles. The van der Waals surface area contributed by atoms with E-state index in [9.17, 15) is 0 Å². The summed E-state index contributed by atoms with van der Waals surface area (Å²) in [4.78, 5) is 0. The Bertz CT molecular complexity index is 6310. The van der Waals surface area contributed by atoms with Crippen molar-refractivity contribution in [1.29, 1.82) is 0 Å². The monoisotopic (exact) mass is 1390 g/mol. The van der Waals surface area contributed by atoms with Gasteiger partial charge in [-0.2, -0.15) is 0 Å². The molecular weight excluding hydrogens is 1290 g/mol. The van der Waals surface area contributed by atoms with Gasteiger partial charge >= 0.3 is 0 Å². The first-order chi connectivity index (χ1) is 50.1. The standard InChI is InChI=1S/C102H103BN4/c1-95(2,3)60-27-35-68-56(45-60)25-39-82-86(68)88-70-37-29-62(97(7,8)9)47-58(70)49-76-91(88)106(82)93-84(104-78-41-31-64(99(13,14)15)51-72(78)73-52-65(100(16,17)18)32-42-79(73)104)55-85(105-80-43-33-66(101(19,20)21)53-74(80)75-54-67(102(22,23)24)34-44-81(75)105)94-90(93)103(76)77-50-59-48-63(98(10,11)12)30-38-71(59)89-87-69-36-28-61(96(4,5)6)46-57(69)26-40-83(87)107(94)92(77)89/h25-55H,1-24H3. The molecule has 6 heterocycles. The summed E-state index contributed by atoms with van der Waals surface area (Å²) in [5, 5.41) is 20.6. The summed E-state index contributed by atoms with van der Waals surface area (Å²) in [6.45, 7) is 56.6. The summed E-state index contributed by atoms with van der Waals surface area (Å²) >= 11 is 0. The minimum atomic E-state index is -0.263. The van der Waals surface area contributed by atoms with Crippen LogP contribution in [0.15, 0.2) is 188 Å². The second-order valence-corrected chi connectivity index (χ2v) is 40.8. The molecule has 4 aromatic heterocycles. The Morgan fingerprint density at radius 1 is 0.206 bits per heavy atom. The first kappa shape index (κ1) is 67.7. The Morgan fingerprint density at radius 3 is 0.729 bits per heavy atom. The molecule has 0 radical (unpaired) electrons. The highest BCUT2D eigenvalue weighted by molar-refractivity contribution is 7.01. The average Bonchev–Trinajstić information content (AvgIpc) is 1.63. The summed E-state index contributed by atoms with van der Waals surface area (Å²) in [7, 11) is 0. The van der Waals surface area contributed by atoms with Crippen molar-refractivity contribution in [3.63, 3.8) is 0 Å². The van der Waals surface area contributed by atoms with Gasteiger partial charge in [-0.25, -0.2) is 0 Å². The van der Waals surface area contributed by atoms with Gasteiger partial charge in [0.25, 0.3) is 6.71 Å². The molecule has 2 aliphatic rings. The van der Waals surface area contributed by atoms with E-state index in [-0.39, 0.29) is 50.0 Å². The molecule has 2 aliphatic heterocycles. The summed E-state index contributed by atoms with van der Waals surface area (Å²) in [6, 6.07) is 77.6. The smallest absolute Gasteiger partial charge is 0.252 e. The third-order valence-corrected chi connectivity index (χ3v) is 25.3. The Kier molecular flexibility index (Phi) is 13.6. The van der Waals surface area contributed by atoms with Crippen molar-refractivity contribution in [3.8, 4) is 22.7 Å². The van der Waals surface area contributed by atoms with Crippen molar-refractivity contribution in [2.45, 2.75) is 209 Å². The summed E-state index contributed by atoms with van der Waals surface area (Å²) in [5.41, 5.74) is 28.5. The van der Waals surface area contributed by atoms with Gasteiger partial charge < -0.3 is 18.3 Å². The zero-order valence-electron chi connectivity index (χ0n) is 67.8. The van der Waals surface area contributed by atoms with E-state index in [1.54, 1.807) is 0 Å². The minimum Gasteiger partial charge on any atom is -0.308 e. The number of aromatic nitrogens is 4. The maximum absolute atomic E-state index is 2.82. The maximum Gasteiger partial charge on any atom is 0.252 e. The lowest BCUT2D eigenvalue weighted by atomic mass is 9.34. The fraction of sp³-hybridized carbons (Fsp3) is 0.314. The van der Waals surface area contributed by atoms with Crippen LogP contribution in [0.5, 0.6) is 0 Å². The fourth-order valence-corrected chi connectivity index (χ4v) is 19.0. The molecule has 0 unspecified atom stereocenters. The van der Waals surface area contributed by atoms with Gasteiger partial charge in [-0.05, 0) is 214 Å². The minimum absolute atomic E-state index is 0.0430. The molecule has 0 saturated heterocycles. The van der Waals surface area contributed by atoms with E-state index < -0.39 is 0 Å². The topological polar surface area (TPSA) is 19.7 Å². The largest absolute Gasteiger partial charge is 0.308 e. The average molecular weight is 1400 g/mol. The molecule has 534 valence electrons. The second-order valence-electron chi connectivity index (χ2n) is 40.8. The SMILES string of the molecule is CC(C)(C)c1ccc2c(ccc3c2c2c4ccc(C(C)(C)C)cc4cc4c2n3-c2c(-n3c5ccc(C(C)(C)C)cc5c5cc(C(C)(C)C)ccc53)cc(-n3c5ccc(C(C)(C)C)cc5c5cc(C(C)(C)C)ccc53)c3c2B4c2cc4cc(C(C)(C)C)ccc4c4c5c6ccc(C(C)(C)C)cc6ccc5n-3c24)c1. The molecule has 5 heteroatoms. The molecule has 19 rings (SSSR count). The molecule has 0 amide bonds. The van der Waals surface area contributed by atoms with Gasteiger partial charge in [-0.3, -0.25) is 0 Å². The summed E-state index contributed by atoms with van der Waals surface area (Å²) in [5.74, 6) is 0. The van der Waals surface area contributed by atoms with Gasteiger partial charge in [-0.1, -0.05) is 287 Å². The third-order valence-electron chi connectivity index (χ3n) is 25.3. The molecule has 0 bridgehead atoms. The van der Waals surface area contributed by atoms with Crippen LogP contribution in [-0.4, -0.2) is 25.0 Å². The van der Waals surface area contributed by atoms with E-state index in [1.807, 2.05) is 0 Å². The van der Waals surface area contributed by atoms with Crippen LogP contribution >= 0.6 is 0 Å². The number of rotatable bonds is 2.